The Balaban J connectivity index is 1.82. The van der Waals surface area contributed by atoms with E-state index in [1.54, 1.807) is 16.7 Å². The van der Waals surface area contributed by atoms with E-state index in [2.05, 4.69) is 0 Å². The number of aryl methyl sites for hydroxylation is 1. The number of carbonyl (C=O) groups is 3. The zero-order valence-corrected chi connectivity index (χ0v) is 17.8. The molecule has 2 rings (SSSR count). The minimum atomic E-state index is -0.230. The van der Waals surface area contributed by atoms with Crippen molar-refractivity contribution in [3.63, 3.8) is 0 Å². The Bertz CT molecular complexity index is 662. The van der Waals surface area contributed by atoms with Crippen LogP contribution in [0.3, 0.4) is 0 Å². The minimum Gasteiger partial charge on any atom is -0.466 e. The fourth-order valence-electron chi connectivity index (χ4n) is 3.73. The Kier molecular flexibility index (Phi) is 9.68. The highest BCUT2D eigenvalue weighted by molar-refractivity contribution is 5.80. The normalized spacial score (nSPS) is 16.3. The van der Waals surface area contributed by atoms with Crippen LogP contribution in [0.2, 0.25) is 0 Å². The Labute approximate surface area is 174 Å². The van der Waals surface area contributed by atoms with Gasteiger partial charge < -0.3 is 14.5 Å². The zero-order chi connectivity index (χ0) is 21.1. The van der Waals surface area contributed by atoms with Gasteiger partial charge in [0.05, 0.1) is 12.5 Å². The predicted molar refractivity (Wildman–Crippen MR) is 112 cm³/mol. The van der Waals surface area contributed by atoms with Gasteiger partial charge in [0.1, 0.15) is 0 Å². The number of ether oxygens (including phenoxy) is 1. The van der Waals surface area contributed by atoms with Gasteiger partial charge in [-0.25, -0.2) is 0 Å². The molecule has 1 saturated heterocycles. The van der Waals surface area contributed by atoms with Gasteiger partial charge >= 0.3 is 5.97 Å². The topological polar surface area (TPSA) is 66.9 Å². The maximum Gasteiger partial charge on any atom is 0.310 e. The van der Waals surface area contributed by atoms with Crippen LogP contribution in [-0.2, 0) is 25.5 Å². The number of likely N-dealkylation sites (tertiary alicyclic amines) is 1. The minimum absolute atomic E-state index is 0.0101. The molecule has 0 aliphatic carbocycles. The average molecular weight is 403 g/mol. The quantitative estimate of drug-likeness (QED) is 0.564. The monoisotopic (exact) mass is 402 g/mol. The molecule has 0 saturated carbocycles. The van der Waals surface area contributed by atoms with Gasteiger partial charge in [-0.1, -0.05) is 37.3 Å². The Morgan fingerprint density at radius 2 is 1.86 bits per heavy atom. The molecule has 2 amide bonds. The van der Waals surface area contributed by atoms with Crippen LogP contribution in [0.1, 0.15) is 51.5 Å². The molecule has 0 spiro atoms. The number of hydrogen-bond donors (Lipinski definition) is 0. The number of hydrogen-bond acceptors (Lipinski definition) is 4. The highest BCUT2D eigenvalue weighted by Gasteiger charge is 2.29. The summed E-state index contributed by atoms with van der Waals surface area (Å²) in [7, 11) is 0. The average Bonchev–Trinajstić information content (AvgIpc) is 2.75. The summed E-state index contributed by atoms with van der Waals surface area (Å²) in [5, 5.41) is 0. The van der Waals surface area contributed by atoms with Crippen LogP contribution >= 0.6 is 0 Å². The van der Waals surface area contributed by atoms with E-state index >= 15 is 0 Å². The molecule has 1 atom stereocenters. The smallest absolute Gasteiger partial charge is 0.310 e. The van der Waals surface area contributed by atoms with Gasteiger partial charge in [0.25, 0.3) is 0 Å². The van der Waals surface area contributed by atoms with Gasteiger partial charge in [-0.2, -0.15) is 0 Å². The van der Waals surface area contributed by atoms with Crippen LogP contribution < -0.4 is 0 Å². The van der Waals surface area contributed by atoms with Crippen molar-refractivity contribution in [1.82, 2.24) is 9.80 Å². The van der Waals surface area contributed by atoms with E-state index in [0.29, 0.717) is 52.0 Å². The molecule has 1 heterocycles. The number of carbonyl (C=O) groups excluding carboxylic acids is 3. The molecule has 29 heavy (non-hydrogen) atoms. The standard InChI is InChI=1S/C23H34N2O4/c1-3-15-24(21(26)13-12-19-9-6-5-7-10-19)17-14-22(27)25-16-8-11-20(18-25)23(28)29-4-2/h5-7,9-10,20H,3-4,8,11-18H2,1-2H3. The molecular formula is C23H34N2O4. The number of esters is 1. The summed E-state index contributed by atoms with van der Waals surface area (Å²) in [6, 6.07) is 9.97. The molecule has 160 valence electrons. The highest BCUT2D eigenvalue weighted by atomic mass is 16.5. The van der Waals surface area contributed by atoms with Gasteiger partial charge in [-0.15, -0.1) is 0 Å². The summed E-state index contributed by atoms with van der Waals surface area (Å²) in [6.07, 6.45) is 3.90. The van der Waals surface area contributed by atoms with E-state index in [0.717, 1.165) is 24.8 Å². The maximum absolute atomic E-state index is 12.7. The molecule has 1 aliphatic rings. The van der Waals surface area contributed by atoms with E-state index in [4.69, 9.17) is 4.74 Å². The summed E-state index contributed by atoms with van der Waals surface area (Å²) < 4.78 is 5.10. The fraction of sp³-hybridized carbons (Fsp3) is 0.609. The number of rotatable bonds is 10. The zero-order valence-electron chi connectivity index (χ0n) is 17.8. The van der Waals surface area contributed by atoms with Gasteiger partial charge in [0.2, 0.25) is 11.8 Å². The summed E-state index contributed by atoms with van der Waals surface area (Å²) >= 11 is 0. The van der Waals surface area contributed by atoms with Crippen molar-refractivity contribution in [3.05, 3.63) is 35.9 Å². The molecule has 0 radical (unpaired) electrons. The second-order valence-electron chi connectivity index (χ2n) is 7.55. The fourth-order valence-corrected chi connectivity index (χ4v) is 3.73. The molecule has 6 nitrogen and oxygen atoms in total. The van der Waals surface area contributed by atoms with E-state index in [1.807, 2.05) is 37.3 Å². The van der Waals surface area contributed by atoms with Crippen LogP contribution in [0, 0.1) is 5.92 Å². The lowest BCUT2D eigenvalue weighted by molar-refractivity contribution is -0.151. The Morgan fingerprint density at radius 1 is 1.10 bits per heavy atom. The highest BCUT2D eigenvalue weighted by Crippen LogP contribution is 2.19. The van der Waals surface area contributed by atoms with Crippen LogP contribution in [0.25, 0.3) is 0 Å². The number of amides is 2. The van der Waals surface area contributed by atoms with Crippen LogP contribution in [-0.4, -0.2) is 60.4 Å². The second kappa shape index (κ2) is 12.2. The molecule has 6 heteroatoms. The van der Waals surface area contributed by atoms with Crippen molar-refractivity contribution in [2.45, 2.75) is 52.4 Å². The first kappa shape index (κ1) is 22.9. The Hall–Kier alpha value is -2.37. The number of piperidine rings is 1. The molecule has 1 unspecified atom stereocenters. The van der Waals surface area contributed by atoms with Crippen molar-refractivity contribution in [1.29, 1.82) is 0 Å². The lowest BCUT2D eigenvalue weighted by atomic mass is 9.98. The first-order valence-corrected chi connectivity index (χ1v) is 10.8. The van der Waals surface area contributed by atoms with E-state index in [-0.39, 0.29) is 23.7 Å². The van der Waals surface area contributed by atoms with Crippen molar-refractivity contribution in [2.75, 3.05) is 32.8 Å². The predicted octanol–water partition coefficient (Wildman–Crippen LogP) is 3.05. The van der Waals surface area contributed by atoms with Crippen molar-refractivity contribution < 1.29 is 19.1 Å². The molecule has 1 fully saturated rings. The number of benzene rings is 1. The molecule has 1 aromatic rings. The van der Waals surface area contributed by atoms with Crippen molar-refractivity contribution in [3.8, 4) is 0 Å². The van der Waals surface area contributed by atoms with Gasteiger partial charge in [0, 0.05) is 39.0 Å². The molecular weight excluding hydrogens is 368 g/mol. The SMILES string of the molecule is CCCN(CCC(=O)N1CCCC(C(=O)OCC)C1)C(=O)CCc1ccccc1. The Morgan fingerprint density at radius 3 is 2.55 bits per heavy atom. The summed E-state index contributed by atoms with van der Waals surface area (Å²) in [5.41, 5.74) is 1.15. The van der Waals surface area contributed by atoms with Gasteiger partial charge in [0.15, 0.2) is 0 Å². The molecule has 1 aliphatic heterocycles. The van der Waals surface area contributed by atoms with Gasteiger partial charge in [-0.05, 0) is 38.2 Å². The van der Waals surface area contributed by atoms with E-state index in [9.17, 15) is 14.4 Å². The van der Waals surface area contributed by atoms with E-state index in [1.165, 1.54) is 0 Å². The first-order chi connectivity index (χ1) is 14.0. The molecule has 1 aromatic carbocycles. The largest absolute Gasteiger partial charge is 0.466 e. The first-order valence-electron chi connectivity index (χ1n) is 10.8. The van der Waals surface area contributed by atoms with Crippen LogP contribution in [0.4, 0.5) is 0 Å². The van der Waals surface area contributed by atoms with E-state index < -0.39 is 0 Å². The van der Waals surface area contributed by atoms with Crippen molar-refractivity contribution >= 4 is 17.8 Å². The van der Waals surface area contributed by atoms with Crippen LogP contribution in [0.5, 0.6) is 0 Å². The van der Waals surface area contributed by atoms with Crippen LogP contribution in [0.15, 0.2) is 30.3 Å². The third kappa shape index (κ3) is 7.52. The maximum atomic E-state index is 12.7. The molecule has 0 bridgehead atoms. The summed E-state index contributed by atoms with van der Waals surface area (Å²) in [6.45, 7) is 6.38. The molecule has 0 N–H and O–H groups in total. The van der Waals surface area contributed by atoms with Gasteiger partial charge in [-0.3, -0.25) is 14.4 Å². The third-order valence-corrected chi connectivity index (χ3v) is 5.31. The van der Waals surface area contributed by atoms with Crippen molar-refractivity contribution in [2.24, 2.45) is 5.92 Å². The summed E-state index contributed by atoms with van der Waals surface area (Å²) in [5.74, 6) is -0.344. The third-order valence-electron chi connectivity index (χ3n) is 5.31. The lowest BCUT2D eigenvalue weighted by Crippen LogP contribution is -2.44. The summed E-state index contributed by atoms with van der Waals surface area (Å²) in [4.78, 5) is 40.9. The second-order valence-corrected chi connectivity index (χ2v) is 7.55. The lowest BCUT2D eigenvalue weighted by Gasteiger charge is -2.32. The molecule has 0 aromatic heterocycles. The number of nitrogens with zero attached hydrogens (tertiary/aromatic N) is 2.